The van der Waals surface area contributed by atoms with Crippen LogP contribution in [0, 0.1) is 11.7 Å². The Morgan fingerprint density at radius 3 is 2.89 bits per heavy atom. The predicted octanol–water partition coefficient (Wildman–Crippen LogP) is 5.51. The molecule has 1 aliphatic carbocycles. The van der Waals surface area contributed by atoms with E-state index in [1.54, 1.807) is 6.07 Å². The number of carbonyl (C=O) groups excluding carboxylic acids is 1. The SMILES string of the molecule is CC1CCc2nc3ccccc3c(C(=O)OCc3c(F)cccc3Cl)c2C1. The van der Waals surface area contributed by atoms with Crippen molar-refractivity contribution in [2.45, 2.75) is 32.8 Å². The van der Waals surface area contributed by atoms with Gasteiger partial charge in [-0.2, -0.15) is 0 Å². The Balaban J connectivity index is 1.74. The van der Waals surface area contributed by atoms with Gasteiger partial charge in [-0.25, -0.2) is 9.18 Å². The van der Waals surface area contributed by atoms with Crippen LogP contribution >= 0.6 is 11.6 Å². The summed E-state index contributed by atoms with van der Waals surface area (Å²) in [5, 5.41) is 1.02. The Kier molecular flexibility index (Phi) is 4.83. The molecular weight excluding hydrogens is 365 g/mol. The fraction of sp³-hybridized carbons (Fsp3) is 0.273. The van der Waals surface area contributed by atoms with Crippen molar-refractivity contribution in [2.24, 2.45) is 5.92 Å². The van der Waals surface area contributed by atoms with Gasteiger partial charge in [0.05, 0.1) is 16.1 Å². The summed E-state index contributed by atoms with van der Waals surface area (Å²) in [5.74, 6) is -0.461. The van der Waals surface area contributed by atoms with Gasteiger partial charge in [0.25, 0.3) is 0 Å². The van der Waals surface area contributed by atoms with Crippen LogP contribution in [0.3, 0.4) is 0 Å². The first kappa shape index (κ1) is 17.9. The summed E-state index contributed by atoms with van der Waals surface area (Å²) in [6.45, 7) is 1.97. The molecule has 3 aromatic rings. The lowest BCUT2D eigenvalue weighted by molar-refractivity contribution is 0.0469. The fourth-order valence-corrected chi connectivity index (χ4v) is 3.89. The summed E-state index contributed by atoms with van der Waals surface area (Å²) < 4.78 is 19.5. The van der Waals surface area contributed by atoms with Gasteiger partial charge in [-0.1, -0.05) is 42.8 Å². The summed E-state index contributed by atoms with van der Waals surface area (Å²) in [5.41, 5.74) is 3.43. The molecular formula is C22H19ClFNO2. The number of hydrogen-bond acceptors (Lipinski definition) is 3. The zero-order chi connectivity index (χ0) is 19.0. The van der Waals surface area contributed by atoms with Crippen molar-refractivity contribution in [3.05, 3.63) is 75.7 Å². The fourth-order valence-electron chi connectivity index (χ4n) is 3.68. The molecule has 1 aliphatic rings. The number of para-hydroxylation sites is 1. The summed E-state index contributed by atoms with van der Waals surface area (Å²) in [4.78, 5) is 17.8. The zero-order valence-corrected chi connectivity index (χ0v) is 15.7. The topological polar surface area (TPSA) is 39.2 Å². The molecule has 5 heteroatoms. The molecule has 4 rings (SSSR count). The molecule has 1 unspecified atom stereocenters. The van der Waals surface area contributed by atoms with Gasteiger partial charge < -0.3 is 4.74 Å². The average Bonchev–Trinajstić information content (AvgIpc) is 2.65. The van der Waals surface area contributed by atoms with Crippen molar-refractivity contribution in [1.82, 2.24) is 4.98 Å². The lowest BCUT2D eigenvalue weighted by Crippen LogP contribution is -2.19. The molecule has 27 heavy (non-hydrogen) atoms. The quantitative estimate of drug-likeness (QED) is 0.560. The van der Waals surface area contributed by atoms with E-state index < -0.39 is 11.8 Å². The third-order valence-electron chi connectivity index (χ3n) is 5.12. The van der Waals surface area contributed by atoms with Crippen LogP contribution in [-0.2, 0) is 24.2 Å². The maximum absolute atomic E-state index is 14.0. The number of fused-ring (bicyclic) bond motifs is 2. The summed E-state index contributed by atoms with van der Waals surface area (Å²) in [6.07, 6.45) is 2.69. The number of nitrogens with zero attached hydrogens (tertiary/aromatic N) is 1. The van der Waals surface area contributed by atoms with Gasteiger partial charge in [0.1, 0.15) is 12.4 Å². The van der Waals surface area contributed by atoms with Gasteiger partial charge in [0.2, 0.25) is 0 Å². The minimum Gasteiger partial charge on any atom is -0.457 e. The van der Waals surface area contributed by atoms with Crippen LogP contribution in [0.4, 0.5) is 4.39 Å². The molecule has 0 amide bonds. The van der Waals surface area contributed by atoms with E-state index in [9.17, 15) is 9.18 Å². The van der Waals surface area contributed by atoms with Gasteiger partial charge in [-0.05, 0) is 48.9 Å². The minimum atomic E-state index is -0.481. The van der Waals surface area contributed by atoms with Gasteiger partial charge in [0.15, 0.2) is 0 Å². The first-order valence-electron chi connectivity index (χ1n) is 9.05. The number of aromatic nitrogens is 1. The Hall–Kier alpha value is -2.46. The lowest BCUT2D eigenvalue weighted by atomic mass is 9.84. The lowest BCUT2D eigenvalue weighted by Gasteiger charge is -2.24. The Morgan fingerprint density at radius 1 is 1.26 bits per heavy atom. The number of hydrogen-bond donors (Lipinski definition) is 0. The largest absolute Gasteiger partial charge is 0.457 e. The number of ether oxygens (including phenoxy) is 1. The maximum atomic E-state index is 14.0. The van der Waals surface area contributed by atoms with E-state index >= 15 is 0 Å². The summed E-state index contributed by atoms with van der Waals surface area (Å²) >= 11 is 6.05. The molecule has 0 N–H and O–H groups in total. The van der Waals surface area contributed by atoms with Crippen molar-refractivity contribution >= 4 is 28.5 Å². The monoisotopic (exact) mass is 383 g/mol. The molecule has 0 spiro atoms. The number of halogens is 2. The van der Waals surface area contributed by atoms with E-state index in [1.165, 1.54) is 12.1 Å². The Bertz CT molecular complexity index is 1010. The molecule has 0 saturated carbocycles. The van der Waals surface area contributed by atoms with E-state index in [2.05, 4.69) is 6.92 Å². The van der Waals surface area contributed by atoms with E-state index in [0.29, 0.717) is 11.5 Å². The van der Waals surface area contributed by atoms with Crippen molar-refractivity contribution < 1.29 is 13.9 Å². The van der Waals surface area contributed by atoms with Crippen LogP contribution in [-0.4, -0.2) is 11.0 Å². The number of benzene rings is 2. The van der Waals surface area contributed by atoms with E-state index in [4.69, 9.17) is 21.3 Å². The number of pyridine rings is 1. The standard InChI is InChI=1S/C22H19ClFNO2/c1-13-9-10-20-15(11-13)21(14-5-2-3-8-19(14)25-20)22(26)27-12-16-17(23)6-4-7-18(16)24/h2-8,13H,9-12H2,1H3. The molecule has 3 nitrogen and oxygen atoms in total. The van der Waals surface area contributed by atoms with Crippen LogP contribution in [0.25, 0.3) is 10.9 Å². The van der Waals surface area contributed by atoms with Crippen molar-refractivity contribution in [3.63, 3.8) is 0 Å². The van der Waals surface area contributed by atoms with Crippen molar-refractivity contribution in [2.75, 3.05) is 0 Å². The van der Waals surface area contributed by atoms with E-state index in [-0.39, 0.29) is 17.2 Å². The molecule has 138 valence electrons. The number of carbonyl (C=O) groups is 1. The Labute approximate surface area is 162 Å². The van der Waals surface area contributed by atoms with Gasteiger partial charge in [-0.15, -0.1) is 0 Å². The number of rotatable bonds is 3. The van der Waals surface area contributed by atoms with Gasteiger partial charge in [0, 0.05) is 16.6 Å². The highest BCUT2D eigenvalue weighted by molar-refractivity contribution is 6.31. The highest BCUT2D eigenvalue weighted by Gasteiger charge is 2.26. The molecule has 1 heterocycles. The normalized spacial score (nSPS) is 16.2. The molecule has 2 aromatic carbocycles. The van der Waals surface area contributed by atoms with Gasteiger partial charge >= 0.3 is 5.97 Å². The first-order valence-corrected chi connectivity index (χ1v) is 9.43. The third-order valence-corrected chi connectivity index (χ3v) is 5.47. The van der Waals surface area contributed by atoms with E-state index in [0.717, 1.165) is 41.4 Å². The summed E-state index contributed by atoms with van der Waals surface area (Å²) in [6, 6.07) is 12.0. The van der Waals surface area contributed by atoms with Crippen LogP contribution in [0.5, 0.6) is 0 Å². The average molecular weight is 384 g/mol. The van der Waals surface area contributed by atoms with Crippen molar-refractivity contribution in [1.29, 1.82) is 0 Å². The molecule has 1 aromatic heterocycles. The van der Waals surface area contributed by atoms with Crippen LogP contribution < -0.4 is 0 Å². The second-order valence-corrected chi connectivity index (χ2v) is 7.46. The highest BCUT2D eigenvalue weighted by atomic mass is 35.5. The van der Waals surface area contributed by atoms with Crippen LogP contribution in [0.2, 0.25) is 5.02 Å². The van der Waals surface area contributed by atoms with Crippen LogP contribution in [0.15, 0.2) is 42.5 Å². The molecule has 0 radical (unpaired) electrons. The smallest absolute Gasteiger partial charge is 0.339 e. The van der Waals surface area contributed by atoms with Crippen molar-refractivity contribution in [3.8, 4) is 0 Å². The molecule has 0 bridgehead atoms. The predicted molar refractivity (Wildman–Crippen MR) is 103 cm³/mol. The molecule has 1 atom stereocenters. The Morgan fingerprint density at radius 2 is 2.07 bits per heavy atom. The highest BCUT2D eigenvalue weighted by Crippen LogP contribution is 2.32. The van der Waals surface area contributed by atoms with E-state index in [1.807, 2.05) is 24.3 Å². The second kappa shape index (κ2) is 7.28. The first-order chi connectivity index (χ1) is 13.0. The maximum Gasteiger partial charge on any atom is 0.339 e. The van der Waals surface area contributed by atoms with Crippen LogP contribution in [0.1, 0.15) is 40.5 Å². The third kappa shape index (κ3) is 3.42. The summed E-state index contributed by atoms with van der Waals surface area (Å²) in [7, 11) is 0. The molecule has 0 aliphatic heterocycles. The van der Waals surface area contributed by atoms with Gasteiger partial charge in [-0.3, -0.25) is 4.98 Å². The number of aryl methyl sites for hydroxylation is 1. The molecule has 0 saturated heterocycles. The minimum absolute atomic E-state index is 0.188. The zero-order valence-electron chi connectivity index (χ0n) is 15.0. The number of esters is 1. The second-order valence-electron chi connectivity index (χ2n) is 7.05. The molecule has 0 fully saturated rings.